The second-order valence-corrected chi connectivity index (χ2v) is 6.28. The number of piperidine rings is 1. The van der Waals surface area contributed by atoms with Crippen LogP contribution in [0.25, 0.3) is 0 Å². The highest BCUT2D eigenvalue weighted by Crippen LogP contribution is 2.29. The first-order chi connectivity index (χ1) is 11.7. The van der Waals surface area contributed by atoms with E-state index in [2.05, 4.69) is 5.32 Å². The second-order valence-electron chi connectivity index (χ2n) is 5.87. The summed E-state index contributed by atoms with van der Waals surface area (Å²) in [7, 11) is 0. The van der Waals surface area contributed by atoms with Crippen molar-refractivity contribution in [3.8, 4) is 5.75 Å². The van der Waals surface area contributed by atoms with Gasteiger partial charge in [-0.15, -0.1) is 0 Å². The normalized spacial score (nSPS) is 21.8. The Balaban J connectivity index is 1.67. The van der Waals surface area contributed by atoms with Gasteiger partial charge in [0.15, 0.2) is 6.29 Å². The van der Waals surface area contributed by atoms with Gasteiger partial charge in [-0.1, -0.05) is 11.6 Å². The Bertz CT molecular complexity index is 578. The quantitative estimate of drug-likeness (QED) is 0.899. The Kier molecular flexibility index (Phi) is 5.81. The molecule has 1 N–H and O–H groups in total. The summed E-state index contributed by atoms with van der Waals surface area (Å²) in [6, 6.07) is 5.05. The van der Waals surface area contributed by atoms with Crippen LogP contribution in [0.15, 0.2) is 18.2 Å². The Hall–Kier alpha value is -1.50. The number of likely N-dealkylation sites (tertiary alicyclic amines) is 1. The predicted molar refractivity (Wildman–Crippen MR) is 91.7 cm³/mol. The minimum absolute atomic E-state index is 0.0422. The van der Waals surface area contributed by atoms with E-state index >= 15 is 0 Å². The van der Waals surface area contributed by atoms with Gasteiger partial charge in [0.1, 0.15) is 5.75 Å². The van der Waals surface area contributed by atoms with Crippen LogP contribution in [0.1, 0.15) is 26.2 Å². The van der Waals surface area contributed by atoms with Gasteiger partial charge in [0.05, 0.1) is 30.9 Å². The van der Waals surface area contributed by atoms with Crippen molar-refractivity contribution in [2.24, 2.45) is 0 Å². The molecule has 2 fully saturated rings. The molecule has 2 aliphatic heterocycles. The molecular formula is C17H23ClN2O4. The molecule has 0 radical (unpaired) electrons. The summed E-state index contributed by atoms with van der Waals surface area (Å²) in [5.74, 6) is 0.612. The van der Waals surface area contributed by atoms with Crippen LogP contribution in [-0.4, -0.2) is 49.6 Å². The van der Waals surface area contributed by atoms with E-state index in [0.29, 0.717) is 42.8 Å². The highest BCUT2D eigenvalue weighted by Gasteiger charge is 2.36. The molecule has 3 rings (SSSR count). The fraction of sp³-hybridized carbons (Fsp3) is 0.588. The third kappa shape index (κ3) is 3.94. The molecule has 24 heavy (non-hydrogen) atoms. The van der Waals surface area contributed by atoms with E-state index in [1.807, 2.05) is 11.8 Å². The Labute approximate surface area is 147 Å². The van der Waals surface area contributed by atoms with E-state index < -0.39 is 0 Å². The van der Waals surface area contributed by atoms with Gasteiger partial charge in [-0.05, 0) is 44.4 Å². The van der Waals surface area contributed by atoms with Gasteiger partial charge in [-0.2, -0.15) is 0 Å². The first kappa shape index (κ1) is 17.3. The standard InChI is InChI=1S/C17H23ClN2O4/c1-2-22-15-7-6-12(11-13(15)18)19-17(21)20-8-4-3-5-14(20)16-23-9-10-24-16/h6-7,11,14,16H,2-5,8-10H2,1H3,(H,19,21). The van der Waals surface area contributed by atoms with Gasteiger partial charge in [-0.25, -0.2) is 4.79 Å². The number of nitrogens with one attached hydrogen (secondary N) is 1. The van der Waals surface area contributed by atoms with Gasteiger partial charge in [0, 0.05) is 12.2 Å². The van der Waals surface area contributed by atoms with Crippen LogP contribution in [0.3, 0.4) is 0 Å². The molecule has 132 valence electrons. The lowest BCUT2D eigenvalue weighted by molar-refractivity contribution is -0.0973. The summed E-state index contributed by atoms with van der Waals surface area (Å²) >= 11 is 6.18. The van der Waals surface area contributed by atoms with Crippen molar-refractivity contribution in [3.05, 3.63) is 23.2 Å². The molecule has 1 aromatic rings. The topological polar surface area (TPSA) is 60.0 Å². The van der Waals surface area contributed by atoms with E-state index in [4.69, 9.17) is 25.8 Å². The van der Waals surface area contributed by atoms with Crippen LogP contribution in [0, 0.1) is 0 Å². The maximum absolute atomic E-state index is 12.7. The van der Waals surface area contributed by atoms with E-state index in [9.17, 15) is 4.79 Å². The maximum Gasteiger partial charge on any atom is 0.322 e. The average Bonchev–Trinajstić information content (AvgIpc) is 3.12. The molecule has 2 amide bonds. The molecule has 0 aromatic heterocycles. The first-order valence-electron chi connectivity index (χ1n) is 8.42. The summed E-state index contributed by atoms with van der Waals surface area (Å²) in [6.45, 7) is 4.32. The van der Waals surface area contributed by atoms with E-state index in [1.165, 1.54) is 0 Å². The number of anilines is 1. The molecule has 0 saturated carbocycles. The van der Waals surface area contributed by atoms with Crippen molar-refractivity contribution >= 4 is 23.3 Å². The number of ether oxygens (including phenoxy) is 3. The molecule has 2 aliphatic rings. The van der Waals surface area contributed by atoms with Crippen LogP contribution in [0.4, 0.5) is 10.5 Å². The van der Waals surface area contributed by atoms with Crippen molar-refractivity contribution in [2.45, 2.75) is 38.5 Å². The van der Waals surface area contributed by atoms with Crippen LogP contribution >= 0.6 is 11.6 Å². The Morgan fingerprint density at radius 3 is 2.88 bits per heavy atom. The van der Waals surface area contributed by atoms with Gasteiger partial charge in [-0.3, -0.25) is 0 Å². The molecule has 2 saturated heterocycles. The number of nitrogens with zero attached hydrogens (tertiary/aromatic N) is 1. The lowest BCUT2D eigenvalue weighted by atomic mass is 10.0. The number of benzene rings is 1. The zero-order chi connectivity index (χ0) is 16.9. The minimum atomic E-state index is -0.319. The lowest BCUT2D eigenvalue weighted by Gasteiger charge is -2.37. The molecule has 2 heterocycles. The van der Waals surface area contributed by atoms with Gasteiger partial charge >= 0.3 is 6.03 Å². The van der Waals surface area contributed by atoms with Crippen molar-refractivity contribution in [2.75, 3.05) is 31.7 Å². The summed E-state index contributed by atoms with van der Waals surface area (Å²) in [5.41, 5.74) is 0.644. The fourth-order valence-corrected chi connectivity index (χ4v) is 3.37. The average molecular weight is 355 g/mol. The monoisotopic (exact) mass is 354 g/mol. The number of halogens is 1. The highest BCUT2D eigenvalue weighted by molar-refractivity contribution is 6.32. The van der Waals surface area contributed by atoms with E-state index in [1.54, 1.807) is 18.2 Å². The minimum Gasteiger partial charge on any atom is -0.492 e. The molecule has 0 bridgehead atoms. The Morgan fingerprint density at radius 2 is 2.17 bits per heavy atom. The number of urea groups is 1. The lowest BCUT2D eigenvalue weighted by Crippen LogP contribution is -2.51. The zero-order valence-electron chi connectivity index (χ0n) is 13.8. The van der Waals surface area contributed by atoms with Gasteiger partial charge in [0.2, 0.25) is 0 Å². The number of hydrogen-bond donors (Lipinski definition) is 1. The summed E-state index contributed by atoms with van der Waals surface area (Å²) in [6.07, 6.45) is 2.63. The highest BCUT2D eigenvalue weighted by atomic mass is 35.5. The third-order valence-corrected chi connectivity index (χ3v) is 4.55. The van der Waals surface area contributed by atoms with E-state index in [0.717, 1.165) is 19.3 Å². The number of hydrogen-bond acceptors (Lipinski definition) is 4. The smallest absolute Gasteiger partial charge is 0.322 e. The molecule has 0 aliphatic carbocycles. The zero-order valence-corrected chi connectivity index (χ0v) is 14.6. The molecule has 6 nitrogen and oxygen atoms in total. The molecule has 1 atom stereocenters. The number of rotatable bonds is 4. The molecule has 7 heteroatoms. The number of carbonyl (C=O) groups is 1. The SMILES string of the molecule is CCOc1ccc(NC(=O)N2CCCCC2C2OCCO2)cc1Cl. The van der Waals surface area contributed by atoms with Crippen LogP contribution in [0.5, 0.6) is 5.75 Å². The predicted octanol–water partition coefficient (Wildman–Crippen LogP) is 3.50. The first-order valence-corrected chi connectivity index (χ1v) is 8.80. The van der Waals surface area contributed by atoms with Crippen molar-refractivity contribution in [1.29, 1.82) is 0 Å². The van der Waals surface area contributed by atoms with Crippen LogP contribution in [-0.2, 0) is 9.47 Å². The van der Waals surface area contributed by atoms with E-state index in [-0.39, 0.29) is 18.4 Å². The van der Waals surface area contributed by atoms with Crippen molar-refractivity contribution < 1.29 is 19.0 Å². The van der Waals surface area contributed by atoms with Crippen LogP contribution < -0.4 is 10.1 Å². The fourth-order valence-electron chi connectivity index (χ4n) is 3.14. The largest absolute Gasteiger partial charge is 0.492 e. The molecule has 1 aromatic carbocycles. The maximum atomic E-state index is 12.7. The van der Waals surface area contributed by atoms with Crippen molar-refractivity contribution in [3.63, 3.8) is 0 Å². The number of amides is 2. The Morgan fingerprint density at radius 1 is 1.38 bits per heavy atom. The summed E-state index contributed by atoms with van der Waals surface area (Å²) in [5, 5.41) is 3.39. The summed E-state index contributed by atoms with van der Waals surface area (Å²) < 4.78 is 16.6. The second kappa shape index (κ2) is 8.05. The van der Waals surface area contributed by atoms with Crippen LogP contribution in [0.2, 0.25) is 5.02 Å². The third-order valence-electron chi connectivity index (χ3n) is 4.25. The van der Waals surface area contributed by atoms with Crippen molar-refractivity contribution in [1.82, 2.24) is 4.90 Å². The van der Waals surface area contributed by atoms with Gasteiger partial charge < -0.3 is 24.4 Å². The number of carbonyl (C=O) groups excluding carboxylic acids is 1. The molecule has 0 spiro atoms. The summed E-state index contributed by atoms with van der Waals surface area (Å²) in [4.78, 5) is 14.5. The molecular weight excluding hydrogens is 332 g/mol. The molecule has 1 unspecified atom stereocenters. The van der Waals surface area contributed by atoms with Gasteiger partial charge in [0.25, 0.3) is 0 Å².